The lowest BCUT2D eigenvalue weighted by Gasteiger charge is -2.20. The summed E-state index contributed by atoms with van der Waals surface area (Å²) >= 11 is 1.40. The van der Waals surface area contributed by atoms with Crippen molar-refractivity contribution in [3.63, 3.8) is 0 Å². The quantitative estimate of drug-likeness (QED) is 0.733. The molecule has 0 radical (unpaired) electrons. The van der Waals surface area contributed by atoms with Crippen molar-refractivity contribution in [1.29, 1.82) is 0 Å². The van der Waals surface area contributed by atoms with Crippen molar-refractivity contribution in [3.8, 4) is 0 Å². The number of hydrogen-bond acceptors (Lipinski definition) is 4. The number of carbonyl (C=O) groups excluding carboxylic acids is 2. The summed E-state index contributed by atoms with van der Waals surface area (Å²) in [6.07, 6.45) is 0.801. The minimum absolute atomic E-state index is 0.0153. The minimum atomic E-state index is -0.0876. The van der Waals surface area contributed by atoms with Crippen molar-refractivity contribution in [2.45, 2.75) is 13.3 Å². The average molecular weight is 284 g/mol. The van der Waals surface area contributed by atoms with Gasteiger partial charge in [-0.25, -0.2) is 0 Å². The molecule has 0 saturated carbocycles. The number of nitrogens with one attached hydrogen (secondary N) is 1. The molecule has 2 amide bonds. The van der Waals surface area contributed by atoms with Crippen LogP contribution in [-0.4, -0.2) is 50.1 Å². The maximum absolute atomic E-state index is 11.7. The van der Waals surface area contributed by atoms with E-state index in [1.807, 2.05) is 11.4 Å². The van der Waals surface area contributed by atoms with Crippen molar-refractivity contribution >= 4 is 23.2 Å². The number of ether oxygens (including phenoxy) is 1. The van der Waals surface area contributed by atoms with Gasteiger partial charge in [0.25, 0.3) is 5.91 Å². The summed E-state index contributed by atoms with van der Waals surface area (Å²) in [4.78, 5) is 25.5. The molecule has 0 fully saturated rings. The van der Waals surface area contributed by atoms with Crippen molar-refractivity contribution in [1.82, 2.24) is 10.2 Å². The van der Waals surface area contributed by atoms with Gasteiger partial charge in [0.2, 0.25) is 5.91 Å². The van der Waals surface area contributed by atoms with E-state index in [0.717, 1.165) is 6.42 Å². The molecule has 1 N–H and O–H groups in total. The van der Waals surface area contributed by atoms with E-state index in [2.05, 4.69) is 5.32 Å². The Hall–Kier alpha value is -1.40. The molecule has 6 heteroatoms. The highest BCUT2D eigenvalue weighted by molar-refractivity contribution is 7.12. The number of hydrogen-bond donors (Lipinski definition) is 1. The van der Waals surface area contributed by atoms with Crippen molar-refractivity contribution in [2.75, 3.05) is 33.4 Å². The molecule has 1 aromatic heterocycles. The number of methoxy groups -OCH3 is 1. The largest absolute Gasteiger partial charge is 0.385 e. The minimum Gasteiger partial charge on any atom is -0.385 e. The predicted octanol–water partition coefficient (Wildman–Crippen LogP) is 1.36. The van der Waals surface area contributed by atoms with Gasteiger partial charge in [-0.2, -0.15) is 0 Å². The summed E-state index contributed by atoms with van der Waals surface area (Å²) in [6.45, 7) is 3.80. The number of nitrogens with zero attached hydrogens (tertiary/aromatic N) is 1. The molecule has 1 rings (SSSR count). The zero-order chi connectivity index (χ0) is 14.1. The Morgan fingerprint density at radius 3 is 2.79 bits per heavy atom. The summed E-state index contributed by atoms with van der Waals surface area (Å²) in [6, 6.07) is 3.62. The third-order valence-corrected chi connectivity index (χ3v) is 3.50. The van der Waals surface area contributed by atoms with Crippen molar-refractivity contribution in [2.24, 2.45) is 0 Å². The van der Waals surface area contributed by atoms with Gasteiger partial charge in [-0.1, -0.05) is 6.07 Å². The smallest absolute Gasteiger partial charge is 0.261 e. The zero-order valence-electron chi connectivity index (χ0n) is 11.3. The molecular formula is C13H20N2O3S. The molecule has 0 aliphatic heterocycles. The third-order valence-electron chi connectivity index (χ3n) is 2.63. The Bertz CT molecular complexity index is 393. The molecule has 0 spiro atoms. The van der Waals surface area contributed by atoms with Gasteiger partial charge < -0.3 is 15.0 Å². The summed E-state index contributed by atoms with van der Waals surface area (Å²) in [5, 5.41) is 4.67. The fraction of sp³-hybridized carbons (Fsp3) is 0.538. The fourth-order valence-electron chi connectivity index (χ4n) is 1.63. The van der Waals surface area contributed by atoms with Crippen LogP contribution in [0.25, 0.3) is 0 Å². The lowest BCUT2D eigenvalue weighted by atomic mass is 10.3. The van der Waals surface area contributed by atoms with Crippen LogP contribution >= 0.6 is 11.3 Å². The third kappa shape index (κ3) is 5.85. The van der Waals surface area contributed by atoms with Crippen LogP contribution in [0.15, 0.2) is 17.5 Å². The molecule has 5 nitrogen and oxygen atoms in total. The van der Waals surface area contributed by atoms with Crippen LogP contribution < -0.4 is 5.32 Å². The Morgan fingerprint density at radius 2 is 2.21 bits per heavy atom. The highest BCUT2D eigenvalue weighted by Crippen LogP contribution is 2.07. The second kappa shape index (κ2) is 8.66. The van der Waals surface area contributed by atoms with Gasteiger partial charge in [0.05, 0.1) is 4.88 Å². The number of amides is 2. The van der Waals surface area contributed by atoms with Crippen LogP contribution in [0.3, 0.4) is 0 Å². The van der Waals surface area contributed by atoms with Crippen LogP contribution in [-0.2, 0) is 9.53 Å². The first-order valence-electron chi connectivity index (χ1n) is 6.21. The first kappa shape index (κ1) is 15.7. The van der Waals surface area contributed by atoms with Crippen molar-refractivity contribution < 1.29 is 14.3 Å². The van der Waals surface area contributed by atoms with Gasteiger partial charge in [-0.05, 0) is 17.9 Å². The van der Waals surface area contributed by atoms with E-state index in [9.17, 15) is 9.59 Å². The van der Waals surface area contributed by atoms with Gasteiger partial charge in [0.1, 0.15) is 0 Å². The van der Waals surface area contributed by atoms with Crippen LogP contribution in [0.5, 0.6) is 0 Å². The summed E-state index contributed by atoms with van der Waals surface area (Å²) in [7, 11) is 1.64. The molecule has 0 bridgehead atoms. The monoisotopic (exact) mass is 284 g/mol. The molecule has 0 aromatic carbocycles. The maximum atomic E-state index is 11.7. The second-order valence-electron chi connectivity index (χ2n) is 4.09. The summed E-state index contributed by atoms with van der Waals surface area (Å²) in [5.41, 5.74) is 0. The summed E-state index contributed by atoms with van der Waals surface area (Å²) in [5.74, 6) is -0.0723. The number of thiophene rings is 1. The highest BCUT2D eigenvalue weighted by Gasteiger charge is 2.10. The second-order valence-corrected chi connectivity index (χ2v) is 5.03. The SMILES string of the molecule is COCCCN(CCNC(=O)c1cccs1)C(C)=O. The van der Waals surface area contributed by atoms with E-state index in [1.54, 1.807) is 18.1 Å². The van der Waals surface area contributed by atoms with Crippen LogP contribution in [0.1, 0.15) is 23.0 Å². The topological polar surface area (TPSA) is 58.6 Å². The van der Waals surface area contributed by atoms with Gasteiger partial charge >= 0.3 is 0 Å². The Kier molecular flexibility index (Phi) is 7.14. The van der Waals surface area contributed by atoms with E-state index in [-0.39, 0.29) is 11.8 Å². The van der Waals surface area contributed by atoms with Crippen molar-refractivity contribution in [3.05, 3.63) is 22.4 Å². The molecular weight excluding hydrogens is 264 g/mol. The lowest BCUT2D eigenvalue weighted by Crippen LogP contribution is -2.38. The average Bonchev–Trinajstić information content (AvgIpc) is 2.90. The molecule has 0 atom stereocenters. The van der Waals surface area contributed by atoms with Gasteiger partial charge in [0, 0.05) is 40.3 Å². The molecule has 1 heterocycles. The summed E-state index contributed by atoms with van der Waals surface area (Å²) < 4.78 is 4.96. The van der Waals surface area contributed by atoms with Gasteiger partial charge in [0.15, 0.2) is 0 Å². The van der Waals surface area contributed by atoms with E-state index in [1.165, 1.54) is 18.3 Å². The van der Waals surface area contributed by atoms with Crippen LogP contribution in [0.4, 0.5) is 0 Å². The molecule has 19 heavy (non-hydrogen) atoms. The first-order valence-corrected chi connectivity index (χ1v) is 7.09. The van der Waals surface area contributed by atoms with Gasteiger partial charge in [-0.3, -0.25) is 9.59 Å². The standard InChI is InChI=1S/C13H20N2O3S/c1-11(16)15(7-4-9-18-2)8-6-14-13(17)12-5-3-10-19-12/h3,5,10H,4,6-9H2,1-2H3,(H,14,17). The predicted molar refractivity (Wildman–Crippen MR) is 75.4 cm³/mol. The number of rotatable bonds is 8. The Morgan fingerprint density at radius 1 is 1.42 bits per heavy atom. The van der Waals surface area contributed by atoms with E-state index in [4.69, 9.17) is 4.74 Å². The highest BCUT2D eigenvalue weighted by atomic mass is 32.1. The zero-order valence-corrected chi connectivity index (χ0v) is 12.2. The Balaban J connectivity index is 2.28. The van der Waals surface area contributed by atoms with Gasteiger partial charge in [-0.15, -0.1) is 11.3 Å². The fourth-order valence-corrected chi connectivity index (χ4v) is 2.27. The van der Waals surface area contributed by atoms with E-state index in [0.29, 0.717) is 31.1 Å². The molecule has 0 aliphatic carbocycles. The normalized spacial score (nSPS) is 10.2. The molecule has 106 valence electrons. The molecule has 0 aliphatic rings. The van der Waals surface area contributed by atoms with E-state index >= 15 is 0 Å². The van der Waals surface area contributed by atoms with Crippen LogP contribution in [0.2, 0.25) is 0 Å². The molecule has 0 unspecified atom stereocenters. The Labute approximate surface area is 117 Å². The first-order chi connectivity index (χ1) is 9.15. The lowest BCUT2D eigenvalue weighted by molar-refractivity contribution is -0.129. The van der Waals surface area contributed by atoms with Crippen LogP contribution in [0, 0.1) is 0 Å². The molecule has 1 aromatic rings. The van der Waals surface area contributed by atoms with E-state index < -0.39 is 0 Å². The maximum Gasteiger partial charge on any atom is 0.261 e. The molecule has 0 saturated heterocycles. The number of carbonyl (C=O) groups is 2.